The van der Waals surface area contributed by atoms with E-state index in [4.69, 9.17) is 5.11 Å². The molecular weight excluding hydrogens is 272 g/mol. The number of aliphatic hydroxyl groups excluding tert-OH is 1. The molecule has 0 fully saturated rings. The normalized spacial score (nSPS) is 13.4. The van der Waals surface area contributed by atoms with Gasteiger partial charge in [0, 0.05) is 5.39 Å². The van der Waals surface area contributed by atoms with Gasteiger partial charge in [-0.1, -0.05) is 36.4 Å². The third-order valence-electron chi connectivity index (χ3n) is 3.07. The molecule has 0 aromatic heterocycles. The number of carbonyl (C=O) groups is 2. The van der Waals surface area contributed by atoms with Crippen LogP contribution in [-0.2, 0) is 4.79 Å². The average Bonchev–Trinajstić information content (AvgIpc) is 2.44. The second kappa shape index (κ2) is 6.23. The number of nitrogens with one attached hydrogen (secondary N) is 2. The number of aliphatic hydroxyl groups is 1. The number of anilines is 1. The quantitative estimate of drug-likeness (QED) is 0.689. The zero-order chi connectivity index (χ0) is 15.4. The van der Waals surface area contributed by atoms with Crippen LogP contribution in [0, 0.1) is 0 Å². The Morgan fingerprint density at radius 3 is 2.43 bits per heavy atom. The molecule has 21 heavy (non-hydrogen) atoms. The number of amides is 2. The topological polar surface area (TPSA) is 98.7 Å². The Morgan fingerprint density at radius 2 is 1.76 bits per heavy atom. The third kappa shape index (κ3) is 3.49. The second-order valence-electron chi connectivity index (χ2n) is 4.68. The number of carboxylic acids is 1. The molecule has 0 heterocycles. The largest absolute Gasteiger partial charge is 0.480 e. The highest BCUT2D eigenvalue weighted by Crippen LogP contribution is 2.22. The Balaban J connectivity index is 2.17. The molecule has 2 rings (SSSR count). The highest BCUT2D eigenvalue weighted by atomic mass is 16.4. The maximum atomic E-state index is 11.9. The van der Waals surface area contributed by atoms with E-state index in [2.05, 4.69) is 10.6 Å². The third-order valence-corrected chi connectivity index (χ3v) is 3.07. The first-order valence-corrected chi connectivity index (χ1v) is 6.45. The minimum absolute atomic E-state index is 0.570. The van der Waals surface area contributed by atoms with Gasteiger partial charge in [0.25, 0.3) is 0 Å². The zero-order valence-corrected chi connectivity index (χ0v) is 11.4. The summed E-state index contributed by atoms with van der Waals surface area (Å²) in [5.74, 6) is -1.29. The molecule has 0 aliphatic rings. The van der Waals surface area contributed by atoms with Gasteiger partial charge in [0.1, 0.15) is 0 Å². The number of benzene rings is 2. The Hall–Kier alpha value is -2.60. The van der Waals surface area contributed by atoms with E-state index in [1.807, 2.05) is 30.3 Å². The van der Waals surface area contributed by atoms with E-state index in [1.54, 1.807) is 12.1 Å². The van der Waals surface area contributed by atoms with Gasteiger partial charge >= 0.3 is 12.0 Å². The van der Waals surface area contributed by atoms with Gasteiger partial charge in [-0.25, -0.2) is 9.59 Å². The van der Waals surface area contributed by atoms with Crippen molar-refractivity contribution in [2.24, 2.45) is 0 Å². The maximum absolute atomic E-state index is 11.9. The fraction of sp³-hybridized carbons (Fsp3) is 0.200. The summed E-state index contributed by atoms with van der Waals surface area (Å²) in [5, 5.41) is 24.9. The first-order chi connectivity index (χ1) is 9.99. The first-order valence-electron chi connectivity index (χ1n) is 6.45. The second-order valence-corrected chi connectivity index (χ2v) is 4.68. The zero-order valence-electron chi connectivity index (χ0n) is 11.4. The maximum Gasteiger partial charge on any atom is 0.328 e. The molecule has 0 unspecified atom stereocenters. The van der Waals surface area contributed by atoms with Gasteiger partial charge in [0.2, 0.25) is 0 Å². The molecule has 2 amide bonds. The van der Waals surface area contributed by atoms with Gasteiger partial charge < -0.3 is 20.8 Å². The van der Waals surface area contributed by atoms with E-state index < -0.39 is 24.1 Å². The molecule has 0 saturated carbocycles. The van der Waals surface area contributed by atoms with Crippen LogP contribution in [0.25, 0.3) is 10.8 Å². The van der Waals surface area contributed by atoms with Gasteiger partial charge in [-0.15, -0.1) is 0 Å². The summed E-state index contributed by atoms with van der Waals surface area (Å²) >= 11 is 0. The van der Waals surface area contributed by atoms with Crippen LogP contribution in [-0.4, -0.2) is 34.4 Å². The fourth-order valence-corrected chi connectivity index (χ4v) is 2.02. The molecule has 6 heteroatoms. The SMILES string of the molecule is C[C@@H](O)[C@H](NC(=O)Nc1cccc2ccccc12)C(=O)O. The van der Waals surface area contributed by atoms with Crippen LogP contribution in [0.1, 0.15) is 6.92 Å². The predicted molar refractivity (Wildman–Crippen MR) is 79.2 cm³/mol. The number of aliphatic carboxylic acids is 1. The lowest BCUT2D eigenvalue weighted by atomic mass is 10.1. The van der Waals surface area contributed by atoms with Crippen LogP contribution in [0.5, 0.6) is 0 Å². The van der Waals surface area contributed by atoms with E-state index in [9.17, 15) is 14.7 Å². The number of fused-ring (bicyclic) bond motifs is 1. The van der Waals surface area contributed by atoms with Crippen molar-refractivity contribution in [2.45, 2.75) is 19.1 Å². The molecule has 0 spiro atoms. The Morgan fingerprint density at radius 1 is 1.10 bits per heavy atom. The summed E-state index contributed by atoms with van der Waals surface area (Å²) in [6.45, 7) is 1.30. The smallest absolute Gasteiger partial charge is 0.328 e. The number of carbonyl (C=O) groups excluding carboxylic acids is 1. The summed E-state index contributed by atoms with van der Waals surface area (Å²) in [4.78, 5) is 22.8. The summed E-state index contributed by atoms with van der Waals surface area (Å²) in [6, 6.07) is 10.9. The molecule has 0 aliphatic heterocycles. The molecule has 6 nitrogen and oxygen atoms in total. The fourth-order valence-electron chi connectivity index (χ4n) is 2.02. The van der Waals surface area contributed by atoms with E-state index in [0.717, 1.165) is 10.8 Å². The summed E-state index contributed by atoms with van der Waals surface area (Å²) < 4.78 is 0. The van der Waals surface area contributed by atoms with Crippen molar-refractivity contribution in [2.75, 3.05) is 5.32 Å². The first kappa shape index (κ1) is 14.8. The molecule has 2 aromatic carbocycles. The van der Waals surface area contributed by atoms with E-state index in [0.29, 0.717) is 5.69 Å². The van der Waals surface area contributed by atoms with Gasteiger partial charge in [-0.3, -0.25) is 0 Å². The molecule has 0 radical (unpaired) electrons. The highest BCUT2D eigenvalue weighted by molar-refractivity contribution is 6.02. The Labute approximate surface area is 121 Å². The highest BCUT2D eigenvalue weighted by Gasteiger charge is 2.25. The molecule has 0 saturated heterocycles. The molecule has 0 aliphatic carbocycles. The van der Waals surface area contributed by atoms with Crippen LogP contribution in [0.4, 0.5) is 10.5 Å². The van der Waals surface area contributed by atoms with Gasteiger partial charge in [0.05, 0.1) is 11.8 Å². The molecular formula is C15H16N2O4. The number of hydrogen-bond donors (Lipinski definition) is 4. The molecule has 2 aromatic rings. The molecule has 4 N–H and O–H groups in total. The average molecular weight is 288 g/mol. The van der Waals surface area contributed by atoms with Crippen LogP contribution in [0.15, 0.2) is 42.5 Å². The van der Waals surface area contributed by atoms with Crippen molar-refractivity contribution in [3.8, 4) is 0 Å². The molecule has 0 bridgehead atoms. The van der Waals surface area contributed by atoms with E-state index in [1.165, 1.54) is 6.92 Å². The summed E-state index contributed by atoms with van der Waals surface area (Å²) in [5.41, 5.74) is 0.570. The van der Waals surface area contributed by atoms with Crippen molar-refractivity contribution in [1.29, 1.82) is 0 Å². The molecule has 110 valence electrons. The van der Waals surface area contributed by atoms with Crippen molar-refractivity contribution >= 4 is 28.5 Å². The number of hydrogen-bond acceptors (Lipinski definition) is 3. The van der Waals surface area contributed by atoms with Gasteiger partial charge in [0.15, 0.2) is 6.04 Å². The monoisotopic (exact) mass is 288 g/mol. The van der Waals surface area contributed by atoms with E-state index >= 15 is 0 Å². The number of rotatable bonds is 4. The van der Waals surface area contributed by atoms with Crippen LogP contribution < -0.4 is 10.6 Å². The van der Waals surface area contributed by atoms with Crippen molar-refractivity contribution < 1.29 is 19.8 Å². The Kier molecular flexibility index (Phi) is 4.39. The van der Waals surface area contributed by atoms with Crippen molar-refractivity contribution in [1.82, 2.24) is 5.32 Å². The lowest BCUT2D eigenvalue weighted by molar-refractivity contribution is -0.141. The standard InChI is InChI=1S/C15H16N2O4/c1-9(18)13(14(19)20)17-15(21)16-12-8-4-6-10-5-2-3-7-11(10)12/h2-9,13,18H,1H3,(H,19,20)(H2,16,17,21)/t9-,13+/m1/s1. The van der Waals surface area contributed by atoms with Crippen LogP contribution in [0.3, 0.4) is 0 Å². The molecule has 2 atom stereocenters. The Bertz CT molecular complexity index is 664. The predicted octanol–water partition coefficient (Wildman–Crippen LogP) is 1.80. The number of carboxylic acid groups (broad SMARTS) is 1. The van der Waals surface area contributed by atoms with Crippen molar-refractivity contribution in [3.63, 3.8) is 0 Å². The summed E-state index contributed by atoms with van der Waals surface area (Å²) in [7, 11) is 0. The lowest BCUT2D eigenvalue weighted by Gasteiger charge is -2.18. The number of urea groups is 1. The minimum Gasteiger partial charge on any atom is -0.480 e. The van der Waals surface area contributed by atoms with Crippen LogP contribution >= 0.6 is 0 Å². The minimum atomic E-state index is -1.36. The summed E-state index contributed by atoms with van der Waals surface area (Å²) in [6.07, 6.45) is -1.19. The van der Waals surface area contributed by atoms with Gasteiger partial charge in [-0.2, -0.15) is 0 Å². The van der Waals surface area contributed by atoms with Crippen LogP contribution in [0.2, 0.25) is 0 Å². The lowest BCUT2D eigenvalue weighted by Crippen LogP contribution is -2.49. The van der Waals surface area contributed by atoms with Gasteiger partial charge in [-0.05, 0) is 18.4 Å². The van der Waals surface area contributed by atoms with E-state index in [-0.39, 0.29) is 0 Å². The van der Waals surface area contributed by atoms with Crippen molar-refractivity contribution in [3.05, 3.63) is 42.5 Å².